The lowest BCUT2D eigenvalue weighted by molar-refractivity contribution is -0.330. The highest BCUT2D eigenvalue weighted by molar-refractivity contribution is 5.15. The predicted molar refractivity (Wildman–Crippen MR) is 78.5 cm³/mol. The maximum Gasteiger partial charge on any atom is 0.174 e. The fourth-order valence-electron chi connectivity index (χ4n) is 5.56. The lowest BCUT2D eigenvalue weighted by atomic mass is 9.40. The molecule has 1 heterocycles. The molecule has 3 rings (SSSR count). The highest BCUT2D eigenvalue weighted by atomic mass is 16.7. The summed E-state index contributed by atoms with van der Waals surface area (Å²) in [4.78, 5) is 0. The summed E-state index contributed by atoms with van der Waals surface area (Å²) in [5, 5.41) is 0. The Balaban J connectivity index is 2.05. The van der Waals surface area contributed by atoms with Crippen LogP contribution in [0.4, 0.5) is 0 Å². The zero-order chi connectivity index (χ0) is 14.6. The molecule has 2 aliphatic carbocycles. The van der Waals surface area contributed by atoms with E-state index in [0.717, 1.165) is 26.1 Å². The van der Waals surface area contributed by atoms with Gasteiger partial charge in [-0.3, -0.25) is 0 Å². The molecule has 3 unspecified atom stereocenters. The molecule has 0 bridgehead atoms. The summed E-state index contributed by atoms with van der Waals surface area (Å²) in [6.45, 7) is 11.1. The quantitative estimate of drug-likeness (QED) is 0.733. The van der Waals surface area contributed by atoms with E-state index in [4.69, 9.17) is 14.2 Å². The number of hydrogen-bond acceptors (Lipinski definition) is 3. The Kier molecular flexibility index (Phi) is 3.28. The van der Waals surface area contributed by atoms with Crippen LogP contribution in [0, 0.1) is 16.2 Å². The molecule has 3 atom stereocenters. The van der Waals surface area contributed by atoms with Gasteiger partial charge < -0.3 is 14.2 Å². The summed E-state index contributed by atoms with van der Waals surface area (Å²) in [6, 6.07) is 0. The van der Waals surface area contributed by atoms with Gasteiger partial charge in [0.2, 0.25) is 0 Å². The van der Waals surface area contributed by atoms with Gasteiger partial charge in [-0.25, -0.2) is 0 Å². The SMILES string of the molecule is COC1CCCC2(C)C1(C)CCC1(OCCO1)C2(C)C. The van der Waals surface area contributed by atoms with E-state index in [-0.39, 0.29) is 22.0 Å². The molecule has 3 heteroatoms. The monoisotopic (exact) mass is 282 g/mol. The number of hydrogen-bond donors (Lipinski definition) is 0. The fraction of sp³-hybridized carbons (Fsp3) is 1.00. The standard InChI is InChI=1S/C17H30O3/c1-14(2)16(4)8-6-7-13(18-5)15(16,3)9-10-17(14)19-11-12-20-17/h13H,6-12H2,1-5H3. The molecule has 116 valence electrons. The van der Waals surface area contributed by atoms with Gasteiger partial charge in [0.1, 0.15) is 0 Å². The van der Waals surface area contributed by atoms with Gasteiger partial charge in [0.25, 0.3) is 0 Å². The van der Waals surface area contributed by atoms with Crippen LogP contribution in [0.15, 0.2) is 0 Å². The van der Waals surface area contributed by atoms with Gasteiger partial charge in [-0.1, -0.05) is 34.1 Å². The van der Waals surface area contributed by atoms with Gasteiger partial charge in [-0.05, 0) is 24.7 Å². The normalized spacial score (nSPS) is 46.4. The molecular weight excluding hydrogens is 252 g/mol. The van der Waals surface area contributed by atoms with Crippen molar-refractivity contribution >= 4 is 0 Å². The van der Waals surface area contributed by atoms with Crippen LogP contribution < -0.4 is 0 Å². The topological polar surface area (TPSA) is 27.7 Å². The second kappa shape index (κ2) is 4.44. The first-order valence-electron chi connectivity index (χ1n) is 8.14. The van der Waals surface area contributed by atoms with Gasteiger partial charge in [0.05, 0.1) is 19.3 Å². The smallest absolute Gasteiger partial charge is 0.174 e. The zero-order valence-corrected chi connectivity index (χ0v) is 13.8. The third-order valence-corrected chi connectivity index (χ3v) is 7.46. The first-order chi connectivity index (χ1) is 9.33. The molecule has 0 amide bonds. The molecular formula is C17H30O3. The molecule has 20 heavy (non-hydrogen) atoms. The van der Waals surface area contributed by atoms with Crippen molar-refractivity contribution in [1.29, 1.82) is 0 Å². The van der Waals surface area contributed by atoms with Crippen LogP contribution in [0.1, 0.15) is 59.8 Å². The van der Waals surface area contributed by atoms with E-state index in [1.54, 1.807) is 0 Å². The molecule has 0 radical (unpaired) electrons. The first-order valence-corrected chi connectivity index (χ1v) is 8.14. The Bertz CT molecular complexity index is 386. The molecule has 1 saturated heterocycles. The van der Waals surface area contributed by atoms with Crippen molar-refractivity contribution in [1.82, 2.24) is 0 Å². The minimum Gasteiger partial charge on any atom is -0.381 e. The average molecular weight is 282 g/mol. The zero-order valence-electron chi connectivity index (χ0n) is 13.8. The molecule has 0 aromatic carbocycles. The van der Waals surface area contributed by atoms with E-state index in [9.17, 15) is 0 Å². The van der Waals surface area contributed by atoms with Crippen molar-refractivity contribution in [2.24, 2.45) is 16.2 Å². The highest BCUT2D eigenvalue weighted by Crippen LogP contribution is 2.70. The Morgan fingerprint density at radius 2 is 1.60 bits per heavy atom. The number of fused-ring (bicyclic) bond motifs is 1. The van der Waals surface area contributed by atoms with Crippen LogP contribution in [0.2, 0.25) is 0 Å². The lowest BCUT2D eigenvalue weighted by Crippen LogP contribution is -2.68. The Hall–Kier alpha value is -0.120. The Morgan fingerprint density at radius 1 is 0.950 bits per heavy atom. The lowest BCUT2D eigenvalue weighted by Gasteiger charge is -2.68. The molecule has 2 saturated carbocycles. The van der Waals surface area contributed by atoms with Crippen molar-refractivity contribution in [3.63, 3.8) is 0 Å². The maximum atomic E-state index is 6.16. The molecule has 3 fully saturated rings. The van der Waals surface area contributed by atoms with Crippen molar-refractivity contribution in [3.05, 3.63) is 0 Å². The van der Waals surface area contributed by atoms with Crippen LogP contribution >= 0.6 is 0 Å². The second-order valence-electron chi connectivity index (χ2n) is 7.94. The Morgan fingerprint density at radius 3 is 2.20 bits per heavy atom. The first kappa shape index (κ1) is 14.8. The summed E-state index contributed by atoms with van der Waals surface area (Å²) in [6.07, 6.45) is 6.15. The third-order valence-electron chi connectivity index (χ3n) is 7.46. The molecule has 3 aliphatic rings. The summed E-state index contributed by atoms with van der Waals surface area (Å²) in [7, 11) is 1.88. The molecule has 0 N–H and O–H groups in total. The molecule has 1 spiro atoms. The van der Waals surface area contributed by atoms with Crippen molar-refractivity contribution in [2.45, 2.75) is 71.7 Å². The minimum absolute atomic E-state index is 0.000694. The van der Waals surface area contributed by atoms with Crippen LogP contribution in [0.3, 0.4) is 0 Å². The van der Waals surface area contributed by atoms with Gasteiger partial charge in [0.15, 0.2) is 5.79 Å². The van der Waals surface area contributed by atoms with Crippen LogP contribution in [-0.2, 0) is 14.2 Å². The third kappa shape index (κ3) is 1.52. The van der Waals surface area contributed by atoms with E-state index < -0.39 is 0 Å². The van der Waals surface area contributed by atoms with Crippen molar-refractivity contribution < 1.29 is 14.2 Å². The van der Waals surface area contributed by atoms with E-state index in [2.05, 4.69) is 27.7 Å². The fourth-order valence-corrected chi connectivity index (χ4v) is 5.56. The summed E-state index contributed by atoms with van der Waals surface area (Å²) in [5.41, 5.74) is 0.395. The largest absolute Gasteiger partial charge is 0.381 e. The molecule has 0 aromatic heterocycles. The molecule has 1 aliphatic heterocycles. The average Bonchev–Trinajstić information content (AvgIpc) is 2.88. The van der Waals surface area contributed by atoms with Gasteiger partial charge in [-0.15, -0.1) is 0 Å². The summed E-state index contributed by atoms with van der Waals surface area (Å²) < 4.78 is 18.2. The highest BCUT2D eigenvalue weighted by Gasteiger charge is 2.70. The van der Waals surface area contributed by atoms with Crippen molar-refractivity contribution in [2.75, 3.05) is 20.3 Å². The van der Waals surface area contributed by atoms with Gasteiger partial charge in [0, 0.05) is 24.4 Å². The minimum atomic E-state index is -0.378. The van der Waals surface area contributed by atoms with E-state index >= 15 is 0 Å². The van der Waals surface area contributed by atoms with E-state index in [1.165, 1.54) is 19.3 Å². The van der Waals surface area contributed by atoms with Gasteiger partial charge in [-0.2, -0.15) is 0 Å². The van der Waals surface area contributed by atoms with Crippen LogP contribution in [0.25, 0.3) is 0 Å². The molecule has 0 aromatic rings. The molecule has 3 nitrogen and oxygen atoms in total. The van der Waals surface area contributed by atoms with Gasteiger partial charge >= 0.3 is 0 Å². The maximum absolute atomic E-state index is 6.16. The van der Waals surface area contributed by atoms with E-state index in [1.807, 2.05) is 7.11 Å². The number of methoxy groups -OCH3 is 1. The number of rotatable bonds is 1. The second-order valence-corrected chi connectivity index (χ2v) is 7.94. The van der Waals surface area contributed by atoms with Crippen molar-refractivity contribution in [3.8, 4) is 0 Å². The van der Waals surface area contributed by atoms with Crippen LogP contribution in [-0.4, -0.2) is 32.2 Å². The van der Waals surface area contributed by atoms with Crippen LogP contribution in [0.5, 0.6) is 0 Å². The summed E-state index contributed by atoms with van der Waals surface area (Å²) in [5.74, 6) is -0.378. The summed E-state index contributed by atoms with van der Waals surface area (Å²) >= 11 is 0. The predicted octanol–water partition coefficient (Wildman–Crippen LogP) is 3.76. The Labute approximate surface area is 123 Å². The number of ether oxygens (including phenoxy) is 3. The van der Waals surface area contributed by atoms with E-state index in [0.29, 0.717) is 6.10 Å².